The Bertz CT molecular complexity index is 1000. The summed E-state index contributed by atoms with van der Waals surface area (Å²) in [7, 11) is 0. The fourth-order valence-electron chi connectivity index (χ4n) is 4.43. The highest BCUT2D eigenvalue weighted by molar-refractivity contribution is 6.36. The first-order valence-corrected chi connectivity index (χ1v) is 9.59. The average Bonchev–Trinajstić information content (AvgIpc) is 3.38. The van der Waals surface area contributed by atoms with Crippen LogP contribution in [0.1, 0.15) is 35.1 Å². The largest absolute Gasteiger partial charge is 0.487 e. The molecule has 2 N–H and O–H groups in total. The summed E-state index contributed by atoms with van der Waals surface area (Å²) in [6.07, 6.45) is 2.15. The van der Waals surface area contributed by atoms with Gasteiger partial charge in [0.2, 0.25) is 0 Å². The number of amides is 1. The molecule has 0 bridgehead atoms. The van der Waals surface area contributed by atoms with E-state index in [-0.39, 0.29) is 24.4 Å². The van der Waals surface area contributed by atoms with E-state index < -0.39 is 0 Å². The van der Waals surface area contributed by atoms with Crippen LogP contribution in [-0.4, -0.2) is 35.1 Å². The fourth-order valence-corrected chi connectivity index (χ4v) is 4.43. The molecule has 0 spiro atoms. The van der Waals surface area contributed by atoms with E-state index in [1.165, 1.54) is 12.1 Å². The van der Waals surface area contributed by atoms with E-state index in [0.29, 0.717) is 29.2 Å². The zero-order valence-corrected chi connectivity index (χ0v) is 15.4. The predicted octanol–water partition coefficient (Wildman–Crippen LogP) is 3.13. The molecule has 3 aliphatic rings. The molecule has 3 heterocycles. The van der Waals surface area contributed by atoms with Crippen LogP contribution in [0.2, 0.25) is 0 Å². The number of benzene rings is 2. The molecule has 144 valence electrons. The minimum Gasteiger partial charge on any atom is -0.487 e. The Kier molecular flexibility index (Phi) is 4.18. The minimum atomic E-state index is -0.383. The summed E-state index contributed by atoms with van der Waals surface area (Å²) >= 11 is 0. The number of anilines is 1. The highest BCUT2D eigenvalue weighted by Crippen LogP contribution is 2.42. The van der Waals surface area contributed by atoms with Crippen molar-refractivity contribution >= 4 is 22.9 Å². The number of nitrogens with one attached hydrogen (secondary N) is 1. The van der Waals surface area contributed by atoms with Crippen molar-refractivity contribution in [3.05, 3.63) is 64.5 Å². The topological polar surface area (TPSA) is 61.8 Å². The number of halogens is 1. The molecule has 5 rings (SSSR count). The van der Waals surface area contributed by atoms with Crippen LogP contribution in [0, 0.1) is 5.82 Å². The van der Waals surface area contributed by atoms with Gasteiger partial charge in [-0.05, 0) is 43.1 Å². The van der Waals surface area contributed by atoms with Gasteiger partial charge in [0.25, 0.3) is 5.91 Å². The van der Waals surface area contributed by atoms with Gasteiger partial charge in [0.15, 0.2) is 0 Å². The predicted molar refractivity (Wildman–Crippen MR) is 104 cm³/mol. The second kappa shape index (κ2) is 6.72. The third-order valence-electron chi connectivity index (χ3n) is 5.84. The molecule has 2 aromatic carbocycles. The van der Waals surface area contributed by atoms with Crippen molar-refractivity contribution < 1.29 is 19.0 Å². The number of nitrogens with zero attached hydrogens (tertiary/aromatic N) is 1. The Hall–Kier alpha value is -2.70. The average molecular weight is 380 g/mol. The number of hydrogen-bond donors (Lipinski definition) is 2. The van der Waals surface area contributed by atoms with Crippen molar-refractivity contribution in [1.82, 2.24) is 4.90 Å². The van der Waals surface area contributed by atoms with E-state index in [1.54, 1.807) is 6.07 Å². The summed E-state index contributed by atoms with van der Waals surface area (Å²) in [5.74, 6) is -0.140. The van der Waals surface area contributed by atoms with E-state index in [1.807, 2.05) is 12.1 Å². The quantitative estimate of drug-likeness (QED) is 0.804. The number of ether oxygens (including phenoxy) is 1. The van der Waals surface area contributed by atoms with Crippen molar-refractivity contribution in [3.63, 3.8) is 0 Å². The lowest BCUT2D eigenvalue weighted by Crippen LogP contribution is -2.31. The van der Waals surface area contributed by atoms with Crippen LogP contribution in [0.25, 0.3) is 11.3 Å². The van der Waals surface area contributed by atoms with Crippen LogP contribution in [0.5, 0.6) is 0 Å². The number of aliphatic hydroxyl groups is 1. The van der Waals surface area contributed by atoms with E-state index in [0.717, 1.165) is 42.6 Å². The zero-order chi connectivity index (χ0) is 19.3. The van der Waals surface area contributed by atoms with E-state index in [9.17, 15) is 14.3 Å². The maximum atomic E-state index is 13.7. The molecule has 1 fully saturated rings. The Labute approximate surface area is 162 Å². The maximum absolute atomic E-state index is 13.7. The Morgan fingerprint density at radius 2 is 2.11 bits per heavy atom. The summed E-state index contributed by atoms with van der Waals surface area (Å²) < 4.78 is 19.6. The summed E-state index contributed by atoms with van der Waals surface area (Å²) in [4.78, 5) is 14.8. The van der Waals surface area contributed by atoms with Crippen LogP contribution >= 0.6 is 0 Å². The van der Waals surface area contributed by atoms with Gasteiger partial charge in [-0.25, -0.2) is 4.39 Å². The Morgan fingerprint density at radius 3 is 2.96 bits per heavy atom. The molecule has 1 saturated heterocycles. The van der Waals surface area contributed by atoms with Gasteiger partial charge >= 0.3 is 0 Å². The van der Waals surface area contributed by atoms with E-state index in [4.69, 9.17) is 4.74 Å². The highest BCUT2D eigenvalue weighted by Gasteiger charge is 2.33. The van der Waals surface area contributed by atoms with Crippen molar-refractivity contribution in [1.29, 1.82) is 0 Å². The van der Waals surface area contributed by atoms with Crippen LogP contribution in [0.4, 0.5) is 10.1 Å². The van der Waals surface area contributed by atoms with Gasteiger partial charge in [0, 0.05) is 35.0 Å². The molecule has 5 nitrogen and oxygen atoms in total. The molecule has 1 unspecified atom stereocenters. The van der Waals surface area contributed by atoms with Gasteiger partial charge < -0.3 is 15.2 Å². The molecule has 0 radical (unpaired) electrons. The molecule has 3 aliphatic heterocycles. The van der Waals surface area contributed by atoms with Gasteiger partial charge in [-0.3, -0.25) is 9.69 Å². The molecule has 28 heavy (non-hydrogen) atoms. The van der Waals surface area contributed by atoms with Crippen molar-refractivity contribution in [2.24, 2.45) is 0 Å². The second-order valence-electron chi connectivity index (χ2n) is 7.58. The lowest BCUT2D eigenvalue weighted by molar-refractivity contribution is -0.110. The maximum Gasteiger partial charge on any atom is 0.260 e. The molecule has 2 aromatic rings. The van der Waals surface area contributed by atoms with Gasteiger partial charge in [-0.15, -0.1) is 0 Å². The van der Waals surface area contributed by atoms with Gasteiger partial charge in [-0.2, -0.15) is 0 Å². The van der Waals surface area contributed by atoms with Crippen LogP contribution < -0.4 is 5.32 Å². The number of likely N-dealkylation sites (tertiary alicyclic amines) is 1. The van der Waals surface area contributed by atoms with Crippen LogP contribution in [-0.2, 0) is 22.7 Å². The molecule has 1 atom stereocenters. The van der Waals surface area contributed by atoms with Gasteiger partial charge in [0.1, 0.15) is 18.2 Å². The zero-order valence-electron chi connectivity index (χ0n) is 15.4. The number of aliphatic hydroxyl groups excluding tert-OH is 1. The first-order chi connectivity index (χ1) is 13.6. The molecule has 6 heteroatoms. The van der Waals surface area contributed by atoms with Gasteiger partial charge in [-0.1, -0.05) is 18.2 Å². The van der Waals surface area contributed by atoms with Crippen molar-refractivity contribution in [2.45, 2.75) is 32.0 Å². The SMILES string of the molecule is O=C1Nc2ccc(F)cc2C1=C1OCc2cc(CN3CCCC3CO)ccc21. The third-order valence-corrected chi connectivity index (χ3v) is 5.84. The molecule has 0 aliphatic carbocycles. The van der Waals surface area contributed by atoms with Gasteiger partial charge in [0.05, 0.1) is 12.2 Å². The second-order valence-corrected chi connectivity index (χ2v) is 7.58. The minimum absolute atomic E-state index is 0.190. The lowest BCUT2D eigenvalue weighted by atomic mass is 9.99. The molecular weight excluding hydrogens is 359 g/mol. The Morgan fingerprint density at radius 1 is 1.21 bits per heavy atom. The number of fused-ring (bicyclic) bond motifs is 2. The van der Waals surface area contributed by atoms with Crippen LogP contribution in [0.3, 0.4) is 0 Å². The van der Waals surface area contributed by atoms with Crippen molar-refractivity contribution in [2.75, 3.05) is 18.5 Å². The number of hydrogen-bond acceptors (Lipinski definition) is 4. The van der Waals surface area contributed by atoms with Crippen molar-refractivity contribution in [3.8, 4) is 0 Å². The normalized spacial score (nSPS) is 23.5. The molecule has 0 aromatic heterocycles. The van der Waals surface area contributed by atoms with Crippen LogP contribution in [0.15, 0.2) is 36.4 Å². The molecule has 0 saturated carbocycles. The number of carbonyl (C=O) groups excluding carboxylic acids is 1. The standard InChI is InChI=1S/C22H21FN2O3/c23-15-4-6-19-18(9-15)20(22(27)24-19)21-17-5-3-13(8-14(17)12-28-21)10-25-7-1-2-16(25)11-26/h3-6,8-9,16,26H,1-2,7,10-12H2,(H,24,27). The number of rotatable bonds is 3. The smallest absolute Gasteiger partial charge is 0.260 e. The molecule has 1 amide bonds. The summed E-state index contributed by atoms with van der Waals surface area (Å²) in [5, 5.41) is 12.3. The van der Waals surface area contributed by atoms with E-state index in [2.05, 4.69) is 16.3 Å². The summed E-state index contributed by atoms with van der Waals surface area (Å²) in [5.41, 5.74) is 4.60. The fraction of sp³-hybridized carbons (Fsp3) is 0.318. The first kappa shape index (κ1) is 17.4. The summed E-state index contributed by atoms with van der Waals surface area (Å²) in [6, 6.07) is 10.6. The Balaban J connectivity index is 1.49. The highest BCUT2D eigenvalue weighted by atomic mass is 19.1. The third kappa shape index (κ3) is 2.80. The summed E-state index contributed by atoms with van der Waals surface area (Å²) in [6.45, 7) is 2.37. The number of carbonyl (C=O) groups is 1. The lowest BCUT2D eigenvalue weighted by Gasteiger charge is -2.22. The first-order valence-electron chi connectivity index (χ1n) is 9.59. The van der Waals surface area contributed by atoms with E-state index >= 15 is 0 Å². The molecular formula is C22H21FN2O3. The monoisotopic (exact) mass is 380 g/mol.